The number of aliphatic hydroxyl groups is 1. The number of nitrogens with zero attached hydrogens (tertiary/aromatic N) is 2. The summed E-state index contributed by atoms with van der Waals surface area (Å²) >= 11 is 1.22. The van der Waals surface area contributed by atoms with Crippen molar-refractivity contribution < 1.29 is 32.6 Å². The lowest BCUT2D eigenvalue weighted by atomic mass is 9.83. The van der Waals surface area contributed by atoms with Crippen molar-refractivity contribution in [1.29, 1.82) is 0 Å². The van der Waals surface area contributed by atoms with E-state index in [-0.39, 0.29) is 42.0 Å². The fourth-order valence-corrected chi connectivity index (χ4v) is 8.50. The molecule has 1 fully saturated rings. The number of esters is 1. The highest BCUT2D eigenvalue weighted by atomic mass is 32.2. The van der Waals surface area contributed by atoms with Crippen molar-refractivity contribution in [2.45, 2.75) is 30.5 Å². The number of carbonyl (C=O) groups excluding carboxylic acids is 3. The van der Waals surface area contributed by atoms with Crippen molar-refractivity contribution in [2.75, 3.05) is 24.1 Å². The number of aliphatic hydroxyl groups excluding tert-OH is 1. The molecule has 11 nitrogen and oxygen atoms in total. The zero-order valence-corrected chi connectivity index (χ0v) is 22.8. The van der Waals surface area contributed by atoms with Crippen molar-refractivity contribution in [2.24, 2.45) is 11.8 Å². The minimum absolute atomic E-state index is 0.00755. The maximum absolute atomic E-state index is 13.7. The summed E-state index contributed by atoms with van der Waals surface area (Å²) in [6.07, 6.45) is 1.79. The van der Waals surface area contributed by atoms with Crippen LogP contribution >= 0.6 is 11.8 Å². The van der Waals surface area contributed by atoms with Gasteiger partial charge in [0, 0.05) is 32.7 Å². The van der Waals surface area contributed by atoms with Crippen molar-refractivity contribution in [3.05, 3.63) is 69.1 Å². The Hall–Kier alpha value is -3.55. The fraction of sp³-hybridized carbons (Fsp3) is 0.346. The predicted molar refractivity (Wildman–Crippen MR) is 146 cm³/mol. The lowest BCUT2D eigenvalue weighted by molar-refractivity contribution is -0.157. The first-order valence-corrected chi connectivity index (χ1v) is 14.3. The molecule has 0 bridgehead atoms. The van der Waals surface area contributed by atoms with Gasteiger partial charge in [0.15, 0.2) is 0 Å². The highest BCUT2D eigenvalue weighted by Crippen LogP contribution is 2.53. The van der Waals surface area contributed by atoms with Crippen LogP contribution in [0.25, 0.3) is 10.8 Å². The Kier molecular flexibility index (Phi) is 7.96. The van der Waals surface area contributed by atoms with Gasteiger partial charge in [-0.1, -0.05) is 49.5 Å². The average Bonchev–Trinajstić information content (AvgIpc) is 3.36. The van der Waals surface area contributed by atoms with Crippen molar-refractivity contribution >= 4 is 55.9 Å². The molecule has 5 rings (SSSR count). The molecule has 1 N–H and O–H groups in total. The molecular formula is C26H26N2O9S2. The van der Waals surface area contributed by atoms with Crippen LogP contribution in [-0.4, -0.2) is 61.2 Å². The van der Waals surface area contributed by atoms with Crippen LogP contribution < -0.4 is 4.31 Å². The number of sulfonamides is 1. The summed E-state index contributed by atoms with van der Waals surface area (Å²) in [4.78, 5) is 54.0. The molecule has 3 unspecified atom stereocenters. The average molecular weight is 575 g/mol. The van der Waals surface area contributed by atoms with Gasteiger partial charge in [0.25, 0.3) is 10.0 Å². The van der Waals surface area contributed by atoms with Gasteiger partial charge in [-0.15, -0.1) is 0 Å². The molecule has 1 saturated heterocycles. The van der Waals surface area contributed by atoms with E-state index in [4.69, 9.17) is 14.7 Å². The maximum Gasteiger partial charge on any atom is 0.356 e. The number of thioether (sulfide) groups is 1. The summed E-state index contributed by atoms with van der Waals surface area (Å²) in [5.74, 6) is -2.39. The number of fused-ring (bicyclic) bond motifs is 1. The summed E-state index contributed by atoms with van der Waals surface area (Å²) in [7, 11) is -3.96. The van der Waals surface area contributed by atoms with Gasteiger partial charge in [-0.3, -0.25) is 18.8 Å². The van der Waals surface area contributed by atoms with E-state index in [2.05, 4.69) is 6.58 Å². The van der Waals surface area contributed by atoms with Gasteiger partial charge in [0.05, 0.1) is 28.4 Å². The van der Waals surface area contributed by atoms with Crippen LogP contribution in [0.4, 0.5) is 5.69 Å². The molecule has 2 aromatic carbocycles. The third-order valence-electron chi connectivity index (χ3n) is 7.13. The van der Waals surface area contributed by atoms with E-state index in [1.54, 1.807) is 31.2 Å². The number of benzene rings is 2. The second kappa shape index (κ2) is 10.9. The van der Waals surface area contributed by atoms with E-state index < -0.39 is 33.2 Å². The van der Waals surface area contributed by atoms with Crippen LogP contribution in [0.3, 0.4) is 0 Å². The normalized spacial score (nSPS) is 21.2. The summed E-state index contributed by atoms with van der Waals surface area (Å²) in [6.45, 7) is 6.34. The van der Waals surface area contributed by atoms with E-state index in [1.165, 1.54) is 34.0 Å². The predicted octanol–water partition coefficient (Wildman–Crippen LogP) is 2.65. The molecule has 3 aliphatic heterocycles. The molecule has 13 heteroatoms. The number of hydrogen-bond acceptors (Lipinski definition) is 10. The van der Waals surface area contributed by atoms with Gasteiger partial charge in [0.2, 0.25) is 5.91 Å². The van der Waals surface area contributed by atoms with Crippen LogP contribution in [0.5, 0.6) is 0 Å². The number of carbonyl (C=O) groups is 3. The number of anilines is 1. The zero-order chi connectivity index (χ0) is 28.6. The van der Waals surface area contributed by atoms with Gasteiger partial charge < -0.3 is 9.84 Å². The van der Waals surface area contributed by atoms with Gasteiger partial charge >= 0.3 is 5.97 Å². The molecule has 206 valence electrons. The lowest BCUT2D eigenvalue weighted by Crippen LogP contribution is -2.60. The second-order valence-corrected chi connectivity index (χ2v) is 12.3. The lowest BCUT2D eigenvalue weighted by Gasteiger charge is -2.44. The van der Waals surface area contributed by atoms with E-state index in [9.17, 15) is 27.9 Å². The first kappa shape index (κ1) is 28.5. The quantitative estimate of drug-likeness (QED) is 0.268. The Labute approximate surface area is 228 Å². The summed E-state index contributed by atoms with van der Waals surface area (Å²) in [5, 5.41) is 10.3. The summed E-state index contributed by atoms with van der Waals surface area (Å²) < 4.78 is 33.8. The highest BCUT2D eigenvalue weighted by molar-refractivity contribution is 8.04. The van der Waals surface area contributed by atoms with Crippen LogP contribution in [0.1, 0.15) is 19.4 Å². The first-order valence-electron chi connectivity index (χ1n) is 12.0. The van der Waals surface area contributed by atoms with E-state index in [0.717, 1.165) is 10.9 Å². The smallest absolute Gasteiger partial charge is 0.356 e. The second-order valence-electron chi connectivity index (χ2n) is 9.21. The minimum Gasteiger partial charge on any atom is -0.457 e. The minimum atomic E-state index is -3.96. The number of β-lactam (4-membered cyclic amide) rings is 1. The van der Waals surface area contributed by atoms with Gasteiger partial charge in [-0.2, -0.15) is 0 Å². The Morgan fingerprint density at radius 2 is 1.95 bits per heavy atom. The summed E-state index contributed by atoms with van der Waals surface area (Å²) in [6, 6.07) is 8.54. The Balaban J connectivity index is 0.00000172. The van der Waals surface area contributed by atoms with Crippen LogP contribution in [0, 0.1) is 21.8 Å². The number of ketones is 1. The third kappa shape index (κ3) is 4.43. The van der Waals surface area contributed by atoms with Crippen molar-refractivity contribution in [3.63, 3.8) is 0 Å². The van der Waals surface area contributed by atoms with Crippen molar-refractivity contribution in [3.8, 4) is 0 Å². The SMILES string of the molecule is C=CCOC(=O)C1=C(CN2c3cccc4c(CCO)ccc(c34)S2(=O)=O)SC2C(C(C)C(C)=O)C(=O)N12.O=O. The van der Waals surface area contributed by atoms with E-state index in [0.29, 0.717) is 22.4 Å². The number of ether oxygens (including phenoxy) is 1. The Morgan fingerprint density at radius 1 is 1.23 bits per heavy atom. The zero-order valence-electron chi connectivity index (χ0n) is 21.2. The van der Waals surface area contributed by atoms with Crippen LogP contribution in [0.15, 0.2) is 58.5 Å². The monoisotopic (exact) mass is 574 g/mol. The summed E-state index contributed by atoms with van der Waals surface area (Å²) in [5.41, 5.74) is 1.31. The first-order chi connectivity index (χ1) is 18.6. The largest absolute Gasteiger partial charge is 0.457 e. The topological polar surface area (TPSA) is 155 Å². The molecule has 0 saturated carbocycles. The Morgan fingerprint density at radius 3 is 2.59 bits per heavy atom. The van der Waals surface area contributed by atoms with Crippen LogP contribution in [0.2, 0.25) is 0 Å². The van der Waals surface area contributed by atoms with Gasteiger partial charge in [-0.25, -0.2) is 13.2 Å². The Bertz CT molecular complexity index is 1520. The highest BCUT2D eigenvalue weighted by Gasteiger charge is 2.59. The number of rotatable bonds is 9. The molecule has 3 aliphatic rings. The number of Topliss-reactive ketones (excluding diaryl/α,β-unsaturated/α-hetero) is 1. The van der Waals surface area contributed by atoms with E-state index in [1.807, 2.05) is 6.07 Å². The van der Waals surface area contributed by atoms with Gasteiger partial charge in [0.1, 0.15) is 18.1 Å². The number of hydrogen-bond donors (Lipinski definition) is 1. The standard InChI is InChI=1S/C26H26N2O7S2.O2/c1-4-12-35-26(32)23-19(36-25-21(14(2)15(3)30)24(31)28(23)25)13-27-18-7-5-6-17-16(10-11-29)8-9-20(22(17)18)37(27,33)34;1-2/h4-9,14,21,25,29H,1,10-13H2,2-3H3;. The molecule has 0 radical (unpaired) electrons. The number of amides is 1. The molecule has 3 heterocycles. The van der Waals surface area contributed by atoms with E-state index >= 15 is 0 Å². The van der Waals surface area contributed by atoms with Crippen molar-refractivity contribution in [1.82, 2.24) is 4.90 Å². The van der Waals surface area contributed by atoms with Gasteiger partial charge in [-0.05, 0) is 36.4 Å². The molecule has 0 aliphatic carbocycles. The van der Waals surface area contributed by atoms with Crippen LogP contribution in [-0.2, 0) is 35.6 Å². The molecule has 1 amide bonds. The molecule has 3 atom stereocenters. The molecule has 0 spiro atoms. The molecular weight excluding hydrogens is 548 g/mol. The molecule has 2 aromatic rings. The molecule has 39 heavy (non-hydrogen) atoms. The third-order valence-corrected chi connectivity index (χ3v) is 10.3. The maximum atomic E-state index is 13.7. The fourth-order valence-electron chi connectivity index (χ4n) is 5.15. The molecule has 0 aromatic heterocycles.